The van der Waals surface area contributed by atoms with Crippen molar-refractivity contribution in [1.29, 1.82) is 0 Å². The summed E-state index contributed by atoms with van der Waals surface area (Å²) in [7, 11) is 1.56. The van der Waals surface area contributed by atoms with Crippen molar-refractivity contribution in [1.82, 2.24) is 5.32 Å². The van der Waals surface area contributed by atoms with Crippen molar-refractivity contribution in [3.05, 3.63) is 58.1 Å². The largest absolute Gasteiger partial charge is 0.497 e. The quantitative estimate of drug-likeness (QED) is 0.809. The molecule has 25 heavy (non-hydrogen) atoms. The fourth-order valence-corrected chi connectivity index (χ4v) is 3.17. The van der Waals surface area contributed by atoms with Crippen LogP contribution in [0.2, 0.25) is 10.0 Å². The SMILES string of the molecule is COc1ccc(N2C(=O)C[C@@H](NCc3ccc(Cl)cc3Cl)C2=O)cc1. The van der Waals surface area contributed by atoms with E-state index < -0.39 is 6.04 Å². The van der Waals surface area contributed by atoms with Crippen molar-refractivity contribution >= 4 is 40.7 Å². The monoisotopic (exact) mass is 378 g/mol. The first-order valence-corrected chi connectivity index (χ1v) is 8.43. The number of carbonyl (C=O) groups is 2. The maximum atomic E-state index is 12.6. The number of nitrogens with zero attached hydrogens (tertiary/aromatic N) is 1. The molecule has 1 atom stereocenters. The lowest BCUT2D eigenvalue weighted by molar-refractivity contribution is -0.121. The van der Waals surface area contributed by atoms with Gasteiger partial charge in [-0.15, -0.1) is 0 Å². The number of rotatable bonds is 5. The van der Waals surface area contributed by atoms with Gasteiger partial charge in [0, 0.05) is 16.6 Å². The number of halogens is 2. The van der Waals surface area contributed by atoms with Crippen LogP contribution in [0.5, 0.6) is 5.75 Å². The smallest absolute Gasteiger partial charge is 0.251 e. The Morgan fingerprint density at radius 1 is 1.16 bits per heavy atom. The number of hydrogen-bond acceptors (Lipinski definition) is 4. The Balaban J connectivity index is 1.70. The number of nitrogens with one attached hydrogen (secondary N) is 1. The van der Waals surface area contributed by atoms with Crippen LogP contribution in [-0.4, -0.2) is 25.0 Å². The average Bonchev–Trinajstić information content (AvgIpc) is 2.88. The van der Waals surface area contributed by atoms with Gasteiger partial charge >= 0.3 is 0 Å². The molecule has 1 aliphatic heterocycles. The van der Waals surface area contributed by atoms with Crippen LogP contribution >= 0.6 is 23.2 Å². The van der Waals surface area contributed by atoms with Crippen molar-refractivity contribution in [3.63, 3.8) is 0 Å². The molecule has 1 fully saturated rings. The number of anilines is 1. The maximum Gasteiger partial charge on any atom is 0.251 e. The molecule has 2 aromatic carbocycles. The number of benzene rings is 2. The van der Waals surface area contributed by atoms with Crippen LogP contribution in [-0.2, 0) is 16.1 Å². The number of carbonyl (C=O) groups excluding carboxylic acids is 2. The molecule has 1 N–H and O–H groups in total. The molecule has 2 aromatic rings. The highest BCUT2D eigenvalue weighted by Crippen LogP contribution is 2.26. The summed E-state index contributed by atoms with van der Waals surface area (Å²) in [5.74, 6) is 0.144. The molecule has 7 heteroatoms. The van der Waals surface area contributed by atoms with Crippen molar-refractivity contribution in [3.8, 4) is 5.75 Å². The van der Waals surface area contributed by atoms with E-state index in [2.05, 4.69) is 5.32 Å². The van der Waals surface area contributed by atoms with E-state index in [0.29, 0.717) is 28.0 Å². The first-order chi connectivity index (χ1) is 12.0. The Labute approximate surface area is 155 Å². The number of amides is 2. The Kier molecular flexibility index (Phi) is 5.27. The zero-order valence-corrected chi connectivity index (χ0v) is 15.0. The van der Waals surface area contributed by atoms with Gasteiger partial charge in [0.15, 0.2) is 0 Å². The average molecular weight is 379 g/mol. The first kappa shape index (κ1) is 17.7. The van der Waals surface area contributed by atoms with Crippen LogP contribution in [0.3, 0.4) is 0 Å². The number of imide groups is 1. The van der Waals surface area contributed by atoms with E-state index in [1.165, 1.54) is 4.90 Å². The third kappa shape index (κ3) is 3.79. The van der Waals surface area contributed by atoms with E-state index in [0.717, 1.165) is 5.56 Å². The van der Waals surface area contributed by atoms with E-state index in [9.17, 15) is 9.59 Å². The molecule has 0 aliphatic carbocycles. The number of hydrogen-bond donors (Lipinski definition) is 1. The topological polar surface area (TPSA) is 58.6 Å². The predicted molar refractivity (Wildman–Crippen MR) is 97.2 cm³/mol. The molecule has 3 rings (SSSR count). The lowest BCUT2D eigenvalue weighted by Gasteiger charge is -2.16. The van der Waals surface area contributed by atoms with E-state index in [1.807, 2.05) is 0 Å². The van der Waals surface area contributed by atoms with Gasteiger partial charge in [0.1, 0.15) is 5.75 Å². The van der Waals surface area contributed by atoms with Crippen LogP contribution in [0.15, 0.2) is 42.5 Å². The van der Waals surface area contributed by atoms with Crippen LogP contribution in [0.4, 0.5) is 5.69 Å². The normalized spacial score (nSPS) is 17.2. The summed E-state index contributed by atoms with van der Waals surface area (Å²) >= 11 is 12.0. The summed E-state index contributed by atoms with van der Waals surface area (Å²) in [6.07, 6.45) is 0.107. The molecular formula is C18H16Cl2N2O3. The van der Waals surface area contributed by atoms with Crippen LogP contribution < -0.4 is 15.0 Å². The molecular weight excluding hydrogens is 363 g/mol. The summed E-state index contributed by atoms with van der Waals surface area (Å²) < 4.78 is 5.09. The van der Waals surface area contributed by atoms with Crippen LogP contribution in [0.25, 0.3) is 0 Å². The zero-order valence-electron chi connectivity index (χ0n) is 13.5. The molecule has 0 saturated carbocycles. The molecule has 0 spiro atoms. The van der Waals surface area contributed by atoms with Gasteiger partial charge in [-0.25, -0.2) is 4.90 Å². The van der Waals surface area contributed by atoms with E-state index in [1.54, 1.807) is 49.6 Å². The van der Waals surface area contributed by atoms with Gasteiger partial charge < -0.3 is 10.1 Å². The fraction of sp³-hybridized carbons (Fsp3) is 0.222. The minimum atomic E-state index is -0.582. The minimum absolute atomic E-state index is 0.107. The number of ether oxygens (including phenoxy) is 1. The Bertz CT molecular complexity index is 808. The standard InChI is InChI=1S/C18H16Cl2N2O3/c1-25-14-6-4-13(5-7-14)22-17(23)9-16(18(22)24)21-10-11-2-3-12(19)8-15(11)20/h2-8,16,21H,9-10H2,1H3/t16-/m1/s1. The molecule has 0 bridgehead atoms. The summed E-state index contributed by atoms with van der Waals surface area (Å²) in [5.41, 5.74) is 1.35. The van der Waals surface area contributed by atoms with Crippen molar-refractivity contribution in [2.24, 2.45) is 0 Å². The van der Waals surface area contributed by atoms with Crippen molar-refractivity contribution < 1.29 is 14.3 Å². The summed E-state index contributed by atoms with van der Waals surface area (Å²) in [5, 5.41) is 4.16. The second kappa shape index (κ2) is 7.44. The predicted octanol–water partition coefficient (Wildman–Crippen LogP) is 3.42. The van der Waals surface area contributed by atoms with Gasteiger partial charge in [0.2, 0.25) is 5.91 Å². The Morgan fingerprint density at radius 2 is 1.88 bits per heavy atom. The summed E-state index contributed by atoms with van der Waals surface area (Å²) in [6, 6.07) is 11.4. The molecule has 2 amide bonds. The van der Waals surface area contributed by atoms with E-state index >= 15 is 0 Å². The molecule has 1 saturated heterocycles. The first-order valence-electron chi connectivity index (χ1n) is 7.68. The van der Waals surface area contributed by atoms with Gasteiger partial charge in [-0.1, -0.05) is 29.3 Å². The van der Waals surface area contributed by atoms with Crippen molar-refractivity contribution in [2.75, 3.05) is 12.0 Å². The van der Waals surface area contributed by atoms with Gasteiger partial charge in [0.05, 0.1) is 25.3 Å². The second-order valence-electron chi connectivity index (χ2n) is 5.64. The Hall–Kier alpha value is -2.08. The van der Waals surface area contributed by atoms with Crippen LogP contribution in [0.1, 0.15) is 12.0 Å². The minimum Gasteiger partial charge on any atom is -0.497 e. The van der Waals surface area contributed by atoms with Gasteiger partial charge in [0.25, 0.3) is 5.91 Å². The second-order valence-corrected chi connectivity index (χ2v) is 6.48. The molecule has 0 radical (unpaired) electrons. The molecule has 1 heterocycles. The fourth-order valence-electron chi connectivity index (χ4n) is 2.69. The van der Waals surface area contributed by atoms with Gasteiger partial charge in [-0.2, -0.15) is 0 Å². The number of methoxy groups -OCH3 is 1. The molecule has 5 nitrogen and oxygen atoms in total. The third-order valence-electron chi connectivity index (χ3n) is 4.03. The molecule has 130 valence electrons. The zero-order chi connectivity index (χ0) is 18.0. The van der Waals surface area contributed by atoms with Gasteiger partial charge in [-0.3, -0.25) is 9.59 Å². The van der Waals surface area contributed by atoms with E-state index in [4.69, 9.17) is 27.9 Å². The molecule has 1 aliphatic rings. The Morgan fingerprint density at radius 3 is 2.52 bits per heavy atom. The van der Waals surface area contributed by atoms with E-state index in [-0.39, 0.29) is 18.2 Å². The molecule has 0 aromatic heterocycles. The van der Waals surface area contributed by atoms with Gasteiger partial charge in [-0.05, 0) is 42.0 Å². The highest BCUT2D eigenvalue weighted by Gasteiger charge is 2.39. The highest BCUT2D eigenvalue weighted by molar-refractivity contribution is 6.35. The van der Waals surface area contributed by atoms with Crippen molar-refractivity contribution in [2.45, 2.75) is 19.0 Å². The highest BCUT2D eigenvalue weighted by atomic mass is 35.5. The van der Waals surface area contributed by atoms with Crippen LogP contribution in [0, 0.1) is 0 Å². The summed E-state index contributed by atoms with van der Waals surface area (Å²) in [6.45, 7) is 0.371. The third-order valence-corrected chi connectivity index (χ3v) is 4.62. The molecule has 0 unspecified atom stereocenters. The lowest BCUT2D eigenvalue weighted by Crippen LogP contribution is -2.38. The summed E-state index contributed by atoms with van der Waals surface area (Å²) in [4.78, 5) is 26.0. The maximum absolute atomic E-state index is 12.6. The lowest BCUT2D eigenvalue weighted by atomic mass is 10.2.